The zero-order valence-electron chi connectivity index (χ0n) is 17.2. The van der Waals surface area contributed by atoms with Gasteiger partial charge in [-0.2, -0.15) is 4.31 Å². The van der Waals surface area contributed by atoms with E-state index in [4.69, 9.17) is 9.47 Å². The number of carbonyl (C=O) groups excluding carboxylic acids is 2. The van der Waals surface area contributed by atoms with Gasteiger partial charge in [0, 0.05) is 31.7 Å². The molecule has 0 N–H and O–H groups in total. The van der Waals surface area contributed by atoms with Crippen molar-refractivity contribution in [3.05, 3.63) is 24.3 Å². The van der Waals surface area contributed by atoms with E-state index < -0.39 is 15.4 Å². The van der Waals surface area contributed by atoms with Crippen LogP contribution in [-0.2, 0) is 24.3 Å². The molecule has 3 aliphatic rings. The number of benzene rings is 1. The Hall–Kier alpha value is -1.97. The highest BCUT2D eigenvalue weighted by molar-refractivity contribution is 7.89. The highest BCUT2D eigenvalue weighted by Crippen LogP contribution is 2.39. The van der Waals surface area contributed by atoms with E-state index in [-0.39, 0.29) is 35.8 Å². The zero-order chi connectivity index (χ0) is 21.4. The van der Waals surface area contributed by atoms with Crippen LogP contribution in [0.1, 0.15) is 32.6 Å². The number of likely N-dealkylation sites (tertiary alicyclic amines) is 1. The summed E-state index contributed by atoms with van der Waals surface area (Å²) in [6, 6.07) is 6.55. The third-order valence-electron chi connectivity index (χ3n) is 6.25. The molecule has 0 aromatic heterocycles. The lowest BCUT2D eigenvalue weighted by atomic mass is 9.78. The van der Waals surface area contributed by atoms with Crippen molar-refractivity contribution in [2.24, 2.45) is 5.41 Å². The first-order valence-corrected chi connectivity index (χ1v) is 11.9. The van der Waals surface area contributed by atoms with Crippen LogP contribution in [0.4, 0.5) is 0 Å². The van der Waals surface area contributed by atoms with E-state index in [1.807, 2.05) is 4.90 Å². The summed E-state index contributed by atoms with van der Waals surface area (Å²) in [6.45, 7) is 3.44. The number of piperidine rings is 1. The summed E-state index contributed by atoms with van der Waals surface area (Å²) in [5.74, 6) is 0.120. The summed E-state index contributed by atoms with van der Waals surface area (Å²) in [5.41, 5.74) is -0.455. The smallest absolute Gasteiger partial charge is 0.251 e. The normalized spacial score (nSPS) is 25.8. The number of carbonyl (C=O) groups is 2. The second-order valence-corrected chi connectivity index (χ2v) is 10.4. The summed E-state index contributed by atoms with van der Waals surface area (Å²) < 4.78 is 39.4. The molecule has 0 bridgehead atoms. The Bertz CT molecular complexity index is 917. The lowest BCUT2D eigenvalue weighted by Gasteiger charge is -2.45. The van der Waals surface area contributed by atoms with Gasteiger partial charge in [0.05, 0.1) is 13.2 Å². The van der Waals surface area contributed by atoms with Crippen LogP contribution < -0.4 is 4.74 Å². The van der Waals surface area contributed by atoms with Gasteiger partial charge in [-0.1, -0.05) is 12.1 Å². The van der Waals surface area contributed by atoms with Gasteiger partial charge in [0.15, 0.2) is 0 Å². The fraction of sp³-hybridized carbons (Fsp3) is 0.619. The van der Waals surface area contributed by atoms with Gasteiger partial charge < -0.3 is 14.4 Å². The molecule has 0 aliphatic carbocycles. The molecule has 1 amide bonds. The number of rotatable bonds is 3. The molecule has 1 atom stereocenters. The predicted octanol–water partition coefficient (Wildman–Crippen LogP) is 1.45. The minimum atomic E-state index is -3.87. The first kappa shape index (κ1) is 21.3. The van der Waals surface area contributed by atoms with Gasteiger partial charge in [-0.25, -0.2) is 8.42 Å². The van der Waals surface area contributed by atoms with Crippen molar-refractivity contribution in [2.75, 3.05) is 39.4 Å². The molecule has 2 fully saturated rings. The van der Waals surface area contributed by atoms with Crippen LogP contribution in [-0.4, -0.2) is 74.8 Å². The van der Waals surface area contributed by atoms with Crippen LogP contribution in [0.3, 0.4) is 0 Å². The van der Waals surface area contributed by atoms with E-state index in [2.05, 4.69) is 0 Å². The number of fused-ring (bicyclic) bond motifs is 1. The standard InChI is InChI=1S/C21H28N2O6S/c1-16(24)13-23-14-21(15-29-17-5-2-3-7-19(17)30(23,26)27)8-10-22(11-9-21)20(25)18-6-4-12-28-18/h2-3,5,7,18H,4,6,8-15H2,1H3/t18-/m0/s1. The molecule has 3 heterocycles. The van der Waals surface area contributed by atoms with E-state index in [1.165, 1.54) is 17.3 Å². The molecule has 1 spiro atoms. The Balaban J connectivity index is 1.57. The number of ketones is 1. The van der Waals surface area contributed by atoms with Crippen molar-refractivity contribution in [3.8, 4) is 5.75 Å². The Labute approximate surface area is 177 Å². The number of hydrogen-bond donors (Lipinski definition) is 0. The number of para-hydroxylation sites is 1. The Morgan fingerprint density at radius 3 is 2.60 bits per heavy atom. The molecule has 0 unspecified atom stereocenters. The molecule has 164 valence electrons. The zero-order valence-corrected chi connectivity index (χ0v) is 18.0. The molecular formula is C21H28N2O6S. The van der Waals surface area contributed by atoms with Crippen LogP contribution in [0.5, 0.6) is 5.75 Å². The van der Waals surface area contributed by atoms with E-state index in [0.29, 0.717) is 44.9 Å². The second-order valence-electron chi connectivity index (χ2n) is 8.54. The summed E-state index contributed by atoms with van der Waals surface area (Å²) >= 11 is 0. The molecule has 30 heavy (non-hydrogen) atoms. The van der Waals surface area contributed by atoms with Gasteiger partial charge in [0.25, 0.3) is 5.91 Å². The SMILES string of the molecule is CC(=O)CN1CC2(CCN(C(=O)[C@@H]3CCCO3)CC2)COc2ccccc2S1(=O)=O. The quantitative estimate of drug-likeness (QED) is 0.712. The fourth-order valence-electron chi connectivity index (χ4n) is 4.53. The average Bonchev–Trinajstić information content (AvgIpc) is 3.26. The van der Waals surface area contributed by atoms with Crippen molar-refractivity contribution in [1.29, 1.82) is 0 Å². The summed E-state index contributed by atoms with van der Waals surface area (Å²) in [7, 11) is -3.87. The highest BCUT2D eigenvalue weighted by Gasteiger charge is 2.44. The largest absolute Gasteiger partial charge is 0.492 e. The average molecular weight is 437 g/mol. The minimum absolute atomic E-state index is 0.0210. The van der Waals surface area contributed by atoms with Gasteiger partial charge in [-0.05, 0) is 44.7 Å². The van der Waals surface area contributed by atoms with Crippen LogP contribution >= 0.6 is 0 Å². The highest BCUT2D eigenvalue weighted by atomic mass is 32.2. The first-order valence-electron chi connectivity index (χ1n) is 10.4. The van der Waals surface area contributed by atoms with E-state index >= 15 is 0 Å². The lowest BCUT2D eigenvalue weighted by Crippen LogP contribution is -2.54. The summed E-state index contributed by atoms with van der Waals surface area (Å²) in [5, 5.41) is 0. The maximum Gasteiger partial charge on any atom is 0.251 e. The van der Waals surface area contributed by atoms with Gasteiger partial charge >= 0.3 is 0 Å². The molecular weight excluding hydrogens is 408 g/mol. The van der Waals surface area contributed by atoms with Gasteiger partial charge in [-0.3, -0.25) is 9.59 Å². The van der Waals surface area contributed by atoms with Gasteiger partial charge in [-0.15, -0.1) is 0 Å². The fourth-order valence-corrected chi connectivity index (χ4v) is 6.23. The minimum Gasteiger partial charge on any atom is -0.492 e. The molecule has 2 saturated heterocycles. The Morgan fingerprint density at radius 1 is 1.20 bits per heavy atom. The summed E-state index contributed by atoms with van der Waals surface area (Å²) in [6.07, 6.45) is 2.52. The Kier molecular flexibility index (Phi) is 5.87. The number of hydrogen-bond acceptors (Lipinski definition) is 6. The van der Waals surface area contributed by atoms with E-state index in [9.17, 15) is 18.0 Å². The summed E-state index contributed by atoms with van der Waals surface area (Å²) in [4.78, 5) is 26.5. The number of ether oxygens (including phenoxy) is 2. The number of nitrogens with zero attached hydrogens (tertiary/aromatic N) is 2. The third kappa shape index (κ3) is 4.10. The second kappa shape index (κ2) is 8.28. The van der Waals surface area contributed by atoms with Crippen LogP contribution in [0.25, 0.3) is 0 Å². The predicted molar refractivity (Wildman–Crippen MR) is 109 cm³/mol. The van der Waals surface area contributed by atoms with Crippen molar-refractivity contribution in [3.63, 3.8) is 0 Å². The first-order chi connectivity index (χ1) is 14.3. The van der Waals surface area contributed by atoms with E-state index in [1.54, 1.807) is 18.2 Å². The molecule has 1 aromatic rings. The number of sulfonamides is 1. The van der Waals surface area contributed by atoms with Crippen molar-refractivity contribution in [2.45, 2.75) is 43.6 Å². The van der Waals surface area contributed by atoms with Crippen molar-refractivity contribution in [1.82, 2.24) is 9.21 Å². The van der Waals surface area contributed by atoms with Crippen molar-refractivity contribution >= 4 is 21.7 Å². The van der Waals surface area contributed by atoms with Crippen LogP contribution in [0.2, 0.25) is 0 Å². The maximum atomic E-state index is 13.3. The van der Waals surface area contributed by atoms with E-state index in [0.717, 1.165) is 12.8 Å². The monoisotopic (exact) mass is 436 g/mol. The Morgan fingerprint density at radius 2 is 1.93 bits per heavy atom. The molecule has 9 heteroatoms. The maximum absolute atomic E-state index is 13.3. The molecule has 1 aromatic carbocycles. The lowest BCUT2D eigenvalue weighted by molar-refractivity contribution is -0.143. The third-order valence-corrected chi connectivity index (χ3v) is 8.08. The molecule has 8 nitrogen and oxygen atoms in total. The van der Waals surface area contributed by atoms with Crippen LogP contribution in [0.15, 0.2) is 29.2 Å². The van der Waals surface area contributed by atoms with Gasteiger partial charge in [0.1, 0.15) is 22.5 Å². The van der Waals surface area contributed by atoms with Crippen molar-refractivity contribution < 1.29 is 27.5 Å². The molecule has 3 aliphatic heterocycles. The number of Topliss-reactive ketones (excluding diaryl/α,β-unsaturated/α-hetero) is 1. The van der Waals surface area contributed by atoms with Crippen LogP contribution in [0, 0.1) is 5.41 Å². The van der Waals surface area contributed by atoms with Gasteiger partial charge in [0.2, 0.25) is 10.0 Å². The topological polar surface area (TPSA) is 93.2 Å². The number of amides is 1. The molecule has 4 rings (SSSR count). The molecule has 0 radical (unpaired) electrons. The molecule has 0 saturated carbocycles.